The fraction of sp³-hybridized carbons (Fsp3) is 0.667. The summed E-state index contributed by atoms with van der Waals surface area (Å²) in [4.78, 5) is 4.03. The van der Waals surface area contributed by atoms with Crippen molar-refractivity contribution in [1.29, 1.82) is 0 Å². The summed E-state index contributed by atoms with van der Waals surface area (Å²) in [6, 6.07) is 0. The van der Waals surface area contributed by atoms with E-state index in [1.54, 1.807) is 6.20 Å². The van der Waals surface area contributed by atoms with Crippen LogP contribution in [0.15, 0.2) is 6.20 Å². The number of ether oxygens (including phenoxy) is 1. The summed E-state index contributed by atoms with van der Waals surface area (Å²) in [6.45, 7) is 5.10. The third-order valence-electron chi connectivity index (χ3n) is 2.10. The van der Waals surface area contributed by atoms with Crippen molar-refractivity contribution >= 4 is 16.3 Å². The quantitative estimate of drug-likeness (QED) is 0.794. The molecule has 0 bridgehead atoms. The van der Waals surface area contributed by atoms with E-state index in [2.05, 4.69) is 18.8 Å². The van der Waals surface area contributed by atoms with Gasteiger partial charge < -0.3 is 10.5 Å². The molecule has 0 aromatic carbocycles. The van der Waals surface area contributed by atoms with E-state index in [4.69, 9.17) is 10.5 Å². The number of hydrogen-bond donors (Lipinski definition) is 1. The summed E-state index contributed by atoms with van der Waals surface area (Å²) >= 11 is 1.40. The second-order valence-corrected chi connectivity index (χ2v) is 4.05. The number of hydrogen-bond acceptors (Lipinski definition) is 4. The second-order valence-electron chi connectivity index (χ2n) is 3.02. The van der Waals surface area contributed by atoms with Crippen molar-refractivity contribution in [3.8, 4) is 5.19 Å². The van der Waals surface area contributed by atoms with Crippen molar-refractivity contribution in [2.45, 2.75) is 26.7 Å². The molecule has 0 unspecified atom stereocenters. The maximum atomic E-state index is 5.53. The Balaban J connectivity index is 2.33. The summed E-state index contributed by atoms with van der Waals surface area (Å²) in [5, 5.41) is 1.39. The molecule has 1 rings (SSSR count). The summed E-state index contributed by atoms with van der Waals surface area (Å²) in [6.07, 6.45) is 3.93. The highest BCUT2D eigenvalue weighted by Crippen LogP contribution is 2.23. The number of nitrogen functional groups attached to an aromatic ring is 1. The largest absolute Gasteiger partial charge is 0.470 e. The Hall–Kier alpha value is -0.770. The van der Waals surface area contributed by atoms with Gasteiger partial charge in [0.1, 0.15) is 5.00 Å². The van der Waals surface area contributed by atoms with E-state index in [-0.39, 0.29) is 0 Å². The first-order valence-corrected chi connectivity index (χ1v) is 5.42. The summed E-state index contributed by atoms with van der Waals surface area (Å²) in [5.74, 6) is 0.630. The molecule has 0 atom stereocenters. The molecule has 1 aromatic heterocycles. The van der Waals surface area contributed by atoms with E-state index in [0.717, 1.165) is 19.4 Å². The van der Waals surface area contributed by atoms with Crippen LogP contribution >= 0.6 is 11.3 Å². The zero-order chi connectivity index (χ0) is 9.68. The van der Waals surface area contributed by atoms with Crippen LogP contribution in [0.5, 0.6) is 5.19 Å². The van der Waals surface area contributed by atoms with E-state index in [1.807, 2.05) is 0 Å². The Kier molecular flexibility index (Phi) is 4.02. The van der Waals surface area contributed by atoms with Gasteiger partial charge in [-0.3, -0.25) is 0 Å². The molecule has 0 saturated carbocycles. The lowest BCUT2D eigenvalue weighted by Crippen LogP contribution is -2.09. The highest BCUT2D eigenvalue weighted by atomic mass is 32.1. The molecular weight excluding hydrogens is 184 g/mol. The zero-order valence-corrected chi connectivity index (χ0v) is 8.93. The normalized spacial score (nSPS) is 10.7. The molecule has 0 fully saturated rings. The highest BCUT2D eigenvalue weighted by molar-refractivity contribution is 7.17. The number of nitrogens with zero attached hydrogens (tertiary/aromatic N) is 1. The van der Waals surface area contributed by atoms with Crippen molar-refractivity contribution in [2.24, 2.45) is 5.92 Å². The molecule has 2 N–H and O–H groups in total. The summed E-state index contributed by atoms with van der Waals surface area (Å²) in [7, 11) is 0. The lowest BCUT2D eigenvalue weighted by molar-refractivity contribution is 0.239. The van der Waals surface area contributed by atoms with Gasteiger partial charge in [-0.15, -0.1) is 0 Å². The SMILES string of the molecule is CCC(CC)COc1ncc(N)s1. The molecule has 0 aliphatic heterocycles. The topological polar surface area (TPSA) is 48.1 Å². The summed E-state index contributed by atoms with van der Waals surface area (Å²) < 4.78 is 5.50. The second kappa shape index (κ2) is 5.07. The van der Waals surface area contributed by atoms with Gasteiger partial charge in [0, 0.05) is 0 Å². The molecule has 0 amide bonds. The molecule has 3 nitrogen and oxygen atoms in total. The number of thiazole rings is 1. The van der Waals surface area contributed by atoms with Gasteiger partial charge in [0.15, 0.2) is 0 Å². The third-order valence-corrected chi connectivity index (χ3v) is 2.84. The smallest absolute Gasteiger partial charge is 0.275 e. The Bertz CT molecular complexity index is 246. The van der Waals surface area contributed by atoms with Crippen LogP contribution in [0.1, 0.15) is 26.7 Å². The van der Waals surface area contributed by atoms with Crippen molar-refractivity contribution in [3.05, 3.63) is 6.20 Å². The monoisotopic (exact) mass is 200 g/mol. The van der Waals surface area contributed by atoms with Gasteiger partial charge in [-0.25, -0.2) is 4.98 Å². The predicted molar refractivity (Wildman–Crippen MR) is 56.1 cm³/mol. The number of aromatic nitrogens is 1. The van der Waals surface area contributed by atoms with Crippen molar-refractivity contribution in [2.75, 3.05) is 12.3 Å². The molecule has 4 heteroatoms. The Labute approximate surface area is 82.9 Å². The molecule has 1 heterocycles. The number of rotatable bonds is 5. The minimum atomic E-state index is 0.630. The first-order valence-electron chi connectivity index (χ1n) is 4.60. The van der Waals surface area contributed by atoms with E-state index in [9.17, 15) is 0 Å². The summed E-state index contributed by atoms with van der Waals surface area (Å²) in [5.41, 5.74) is 5.53. The standard InChI is InChI=1S/C9H16N2OS/c1-3-7(4-2)6-12-9-11-5-8(10)13-9/h5,7H,3-4,6,10H2,1-2H3. The van der Waals surface area contributed by atoms with Gasteiger partial charge in [-0.1, -0.05) is 38.0 Å². The predicted octanol–water partition coefficient (Wildman–Crippen LogP) is 2.54. The Morgan fingerprint density at radius 1 is 1.54 bits per heavy atom. The maximum Gasteiger partial charge on any atom is 0.275 e. The van der Waals surface area contributed by atoms with Crippen LogP contribution in [0.2, 0.25) is 0 Å². The van der Waals surface area contributed by atoms with Crippen LogP contribution in [0, 0.1) is 5.92 Å². The zero-order valence-electron chi connectivity index (χ0n) is 8.12. The molecule has 0 saturated heterocycles. The van der Waals surface area contributed by atoms with Gasteiger partial charge in [0.05, 0.1) is 12.8 Å². The molecule has 0 aliphatic rings. The fourth-order valence-corrected chi connectivity index (χ4v) is 1.59. The number of anilines is 1. The van der Waals surface area contributed by atoms with E-state index >= 15 is 0 Å². The molecule has 1 aromatic rings. The van der Waals surface area contributed by atoms with Gasteiger partial charge in [-0.05, 0) is 5.92 Å². The molecule has 0 spiro atoms. The molecule has 74 valence electrons. The molecule has 0 aliphatic carbocycles. The van der Waals surface area contributed by atoms with Crippen LogP contribution in [0.25, 0.3) is 0 Å². The van der Waals surface area contributed by atoms with Crippen LogP contribution in [0.3, 0.4) is 0 Å². The van der Waals surface area contributed by atoms with Gasteiger partial charge in [0.25, 0.3) is 5.19 Å². The van der Waals surface area contributed by atoms with E-state index in [0.29, 0.717) is 16.1 Å². The minimum absolute atomic E-state index is 0.630. The van der Waals surface area contributed by atoms with Crippen LogP contribution in [-0.4, -0.2) is 11.6 Å². The lowest BCUT2D eigenvalue weighted by atomic mass is 10.1. The van der Waals surface area contributed by atoms with Crippen LogP contribution in [-0.2, 0) is 0 Å². The maximum absolute atomic E-state index is 5.53. The average Bonchev–Trinajstić information content (AvgIpc) is 2.53. The van der Waals surface area contributed by atoms with Crippen molar-refractivity contribution in [1.82, 2.24) is 4.98 Å². The lowest BCUT2D eigenvalue weighted by Gasteiger charge is -2.11. The van der Waals surface area contributed by atoms with E-state index in [1.165, 1.54) is 11.3 Å². The molecular formula is C9H16N2OS. The van der Waals surface area contributed by atoms with Crippen LogP contribution in [0.4, 0.5) is 5.00 Å². The van der Waals surface area contributed by atoms with Gasteiger partial charge >= 0.3 is 0 Å². The number of nitrogens with two attached hydrogens (primary N) is 1. The van der Waals surface area contributed by atoms with Crippen molar-refractivity contribution < 1.29 is 4.74 Å². The molecule has 13 heavy (non-hydrogen) atoms. The highest BCUT2D eigenvalue weighted by Gasteiger charge is 2.06. The minimum Gasteiger partial charge on any atom is -0.470 e. The average molecular weight is 200 g/mol. The van der Waals surface area contributed by atoms with Gasteiger partial charge in [-0.2, -0.15) is 0 Å². The Morgan fingerprint density at radius 2 is 2.23 bits per heavy atom. The molecule has 0 radical (unpaired) electrons. The third kappa shape index (κ3) is 3.22. The first kappa shape index (κ1) is 10.3. The fourth-order valence-electron chi connectivity index (χ4n) is 1.05. The first-order chi connectivity index (χ1) is 6.26. The Morgan fingerprint density at radius 3 is 2.69 bits per heavy atom. The van der Waals surface area contributed by atoms with Crippen LogP contribution < -0.4 is 10.5 Å². The van der Waals surface area contributed by atoms with E-state index < -0.39 is 0 Å². The van der Waals surface area contributed by atoms with Gasteiger partial charge in [0.2, 0.25) is 0 Å². The van der Waals surface area contributed by atoms with Crippen molar-refractivity contribution in [3.63, 3.8) is 0 Å².